The second-order valence-electron chi connectivity index (χ2n) is 6.34. The lowest BCUT2D eigenvalue weighted by molar-refractivity contribution is -0.123. The molecule has 0 aliphatic rings. The van der Waals surface area contributed by atoms with Crippen molar-refractivity contribution in [3.8, 4) is 11.5 Å². The van der Waals surface area contributed by atoms with Crippen molar-refractivity contribution in [2.45, 2.75) is 32.6 Å². The molecule has 0 saturated carbocycles. The third kappa shape index (κ3) is 8.08. The number of benzene rings is 2. The molecule has 5 heteroatoms. The molecular weight excluding hydrogens is 352 g/mol. The molecule has 2 aromatic carbocycles. The molecule has 0 heterocycles. The zero-order chi connectivity index (χ0) is 20.0. The number of allylic oxidation sites excluding steroid dienone is 1. The summed E-state index contributed by atoms with van der Waals surface area (Å²) >= 11 is 0. The number of unbranched alkanes of at least 4 members (excludes halogenated alkanes) is 2. The maximum atomic E-state index is 11.9. The van der Waals surface area contributed by atoms with E-state index in [1.54, 1.807) is 37.6 Å². The number of hydrazone groups is 1. The Morgan fingerprint density at radius 2 is 1.75 bits per heavy atom. The Bertz CT molecular complexity index is 768. The second kappa shape index (κ2) is 12.3. The Morgan fingerprint density at radius 3 is 2.43 bits per heavy atom. The predicted octanol–water partition coefficient (Wildman–Crippen LogP) is 4.84. The lowest BCUT2D eigenvalue weighted by atomic mass is 10.1. The van der Waals surface area contributed by atoms with Crippen LogP contribution in [0.4, 0.5) is 0 Å². The summed E-state index contributed by atoms with van der Waals surface area (Å²) in [6.07, 6.45) is 8.16. The number of methoxy groups -OCH3 is 1. The number of ether oxygens (including phenoxy) is 2. The second-order valence-corrected chi connectivity index (χ2v) is 6.34. The minimum absolute atomic E-state index is 0.1000. The van der Waals surface area contributed by atoms with Crippen LogP contribution in [0.1, 0.15) is 38.2 Å². The Hall–Kier alpha value is -3.08. The molecule has 0 atom stereocenters. The van der Waals surface area contributed by atoms with Crippen molar-refractivity contribution in [2.24, 2.45) is 5.10 Å². The average molecular weight is 380 g/mol. The van der Waals surface area contributed by atoms with Gasteiger partial charge in [0.25, 0.3) is 5.91 Å². The molecule has 148 valence electrons. The lowest BCUT2D eigenvalue weighted by Gasteiger charge is -2.06. The van der Waals surface area contributed by atoms with Gasteiger partial charge in [0.1, 0.15) is 11.5 Å². The van der Waals surface area contributed by atoms with Crippen molar-refractivity contribution < 1.29 is 14.3 Å². The van der Waals surface area contributed by atoms with Crippen molar-refractivity contribution in [1.29, 1.82) is 0 Å². The Kier molecular flexibility index (Phi) is 9.35. The first kappa shape index (κ1) is 21.2. The number of carbonyl (C=O) groups excluding carboxylic acids is 1. The molecule has 0 aliphatic carbocycles. The normalized spacial score (nSPS) is 11.4. The number of hydrogen-bond donors (Lipinski definition) is 1. The largest absolute Gasteiger partial charge is 0.497 e. The standard InChI is InChI=1S/C23H28N2O3/c1-3-4-6-11-20(16-19-9-7-5-8-10-19)17-24-25-23(26)18-28-22-14-12-21(27-2)13-15-22/h5,7-10,12-17H,3-4,6,11,18H2,1-2H3,(H,25,26)/b20-16+,24-17-. The van der Waals surface area contributed by atoms with Gasteiger partial charge in [-0.2, -0.15) is 5.10 Å². The summed E-state index contributed by atoms with van der Waals surface area (Å²) < 4.78 is 10.5. The first-order chi connectivity index (χ1) is 13.7. The average Bonchev–Trinajstić information content (AvgIpc) is 2.73. The fourth-order valence-electron chi connectivity index (χ4n) is 2.56. The van der Waals surface area contributed by atoms with Gasteiger partial charge in [0.15, 0.2) is 6.61 Å². The van der Waals surface area contributed by atoms with Crippen LogP contribution in [0.5, 0.6) is 11.5 Å². The van der Waals surface area contributed by atoms with Gasteiger partial charge < -0.3 is 9.47 Å². The van der Waals surface area contributed by atoms with Gasteiger partial charge in [-0.3, -0.25) is 4.79 Å². The highest BCUT2D eigenvalue weighted by molar-refractivity contribution is 5.87. The molecule has 5 nitrogen and oxygen atoms in total. The zero-order valence-corrected chi connectivity index (χ0v) is 16.6. The van der Waals surface area contributed by atoms with E-state index in [4.69, 9.17) is 9.47 Å². The smallest absolute Gasteiger partial charge is 0.277 e. The SMILES string of the molecule is CCCCCC(/C=N\NC(=O)COc1ccc(OC)cc1)=C\c1ccccc1. The minimum Gasteiger partial charge on any atom is -0.497 e. The molecule has 0 fully saturated rings. The molecule has 28 heavy (non-hydrogen) atoms. The molecule has 0 radical (unpaired) electrons. The number of carbonyl (C=O) groups is 1. The summed E-state index contributed by atoms with van der Waals surface area (Å²) in [6, 6.07) is 17.2. The fourth-order valence-corrected chi connectivity index (χ4v) is 2.56. The van der Waals surface area contributed by atoms with Crippen LogP contribution in [-0.4, -0.2) is 25.8 Å². The maximum absolute atomic E-state index is 11.9. The van der Waals surface area contributed by atoms with Crippen molar-refractivity contribution in [3.63, 3.8) is 0 Å². The summed E-state index contributed by atoms with van der Waals surface area (Å²) in [6.45, 7) is 2.08. The summed E-state index contributed by atoms with van der Waals surface area (Å²) in [4.78, 5) is 11.9. The molecule has 0 unspecified atom stereocenters. The molecule has 1 N–H and O–H groups in total. The molecular formula is C23H28N2O3. The molecule has 0 saturated heterocycles. The van der Waals surface area contributed by atoms with Crippen molar-refractivity contribution >= 4 is 18.2 Å². The Balaban J connectivity index is 1.86. The van der Waals surface area contributed by atoms with E-state index in [0.717, 1.165) is 36.1 Å². The quantitative estimate of drug-likeness (QED) is 0.345. The molecule has 0 spiro atoms. The summed E-state index contributed by atoms with van der Waals surface area (Å²) in [7, 11) is 1.60. The maximum Gasteiger partial charge on any atom is 0.277 e. The van der Waals surface area contributed by atoms with Crippen LogP contribution in [0.25, 0.3) is 6.08 Å². The molecule has 1 amide bonds. The van der Waals surface area contributed by atoms with Crippen molar-refractivity contribution in [2.75, 3.05) is 13.7 Å². The zero-order valence-electron chi connectivity index (χ0n) is 16.6. The van der Waals surface area contributed by atoms with Crippen molar-refractivity contribution in [1.82, 2.24) is 5.43 Å². The Morgan fingerprint density at radius 1 is 1.04 bits per heavy atom. The molecule has 0 bridgehead atoms. The van der Waals surface area contributed by atoms with E-state index in [2.05, 4.69) is 35.7 Å². The first-order valence-electron chi connectivity index (χ1n) is 9.55. The third-order valence-electron chi connectivity index (χ3n) is 4.07. The van der Waals surface area contributed by atoms with E-state index in [1.807, 2.05) is 18.2 Å². The van der Waals surface area contributed by atoms with Crippen LogP contribution >= 0.6 is 0 Å². The first-order valence-corrected chi connectivity index (χ1v) is 9.55. The van der Waals surface area contributed by atoms with Gasteiger partial charge in [-0.05, 0) is 48.2 Å². The van der Waals surface area contributed by atoms with Crippen LogP contribution in [0.3, 0.4) is 0 Å². The number of rotatable bonds is 11. The van der Waals surface area contributed by atoms with Crippen LogP contribution in [0, 0.1) is 0 Å². The predicted molar refractivity (Wildman–Crippen MR) is 114 cm³/mol. The van der Waals surface area contributed by atoms with Gasteiger partial charge in [-0.15, -0.1) is 0 Å². The van der Waals surface area contributed by atoms with Gasteiger partial charge in [0.05, 0.1) is 13.3 Å². The molecule has 0 aromatic heterocycles. The van der Waals surface area contributed by atoms with Gasteiger partial charge in [0.2, 0.25) is 0 Å². The van der Waals surface area contributed by atoms with Crippen molar-refractivity contribution in [3.05, 3.63) is 65.7 Å². The van der Waals surface area contributed by atoms with E-state index in [9.17, 15) is 4.79 Å². The highest BCUT2D eigenvalue weighted by Gasteiger charge is 2.02. The number of hydrogen-bond acceptors (Lipinski definition) is 4. The van der Waals surface area contributed by atoms with Gasteiger partial charge in [-0.25, -0.2) is 5.43 Å². The molecule has 2 aromatic rings. The van der Waals surface area contributed by atoms with Crippen LogP contribution in [-0.2, 0) is 4.79 Å². The number of nitrogens with zero attached hydrogens (tertiary/aromatic N) is 1. The van der Waals surface area contributed by atoms with E-state index in [1.165, 1.54) is 6.42 Å². The monoisotopic (exact) mass is 380 g/mol. The third-order valence-corrected chi connectivity index (χ3v) is 4.07. The van der Waals surface area contributed by atoms with Gasteiger partial charge in [-0.1, -0.05) is 56.2 Å². The van der Waals surface area contributed by atoms with E-state index in [0.29, 0.717) is 5.75 Å². The fraction of sp³-hybridized carbons (Fsp3) is 0.304. The highest BCUT2D eigenvalue weighted by atomic mass is 16.5. The minimum atomic E-state index is -0.306. The van der Waals surface area contributed by atoms with E-state index >= 15 is 0 Å². The summed E-state index contributed by atoms with van der Waals surface area (Å²) in [5.41, 5.74) is 4.72. The Labute approximate surface area is 167 Å². The van der Waals surface area contributed by atoms with E-state index < -0.39 is 0 Å². The summed E-state index contributed by atoms with van der Waals surface area (Å²) in [5, 5.41) is 4.09. The van der Waals surface area contributed by atoms with Gasteiger partial charge >= 0.3 is 0 Å². The summed E-state index contributed by atoms with van der Waals surface area (Å²) in [5.74, 6) is 1.03. The van der Waals surface area contributed by atoms with Gasteiger partial charge in [0, 0.05) is 0 Å². The molecule has 0 aliphatic heterocycles. The topological polar surface area (TPSA) is 59.9 Å². The highest BCUT2D eigenvalue weighted by Crippen LogP contribution is 2.16. The van der Waals surface area contributed by atoms with Crippen LogP contribution < -0.4 is 14.9 Å². The number of amides is 1. The van der Waals surface area contributed by atoms with Crippen LogP contribution in [0.15, 0.2) is 65.3 Å². The van der Waals surface area contributed by atoms with E-state index in [-0.39, 0.29) is 12.5 Å². The molecule has 2 rings (SSSR count). The number of nitrogens with one attached hydrogen (secondary N) is 1. The van der Waals surface area contributed by atoms with Crippen LogP contribution in [0.2, 0.25) is 0 Å². The lowest BCUT2D eigenvalue weighted by Crippen LogP contribution is -2.24.